The second-order valence-corrected chi connectivity index (χ2v) is 8.87. The maximum absolute atomic E-state index is 14.3. The Hall–Kier alpha value is -2.87. The molecule has 0 saturated carbocycles. The number of ether oxygens (including phenoxy) is 2. The summed E-state index contributed by atoms with van der Waals surface area (Å²) >= 11 is 12.4. The zero-order valence-corrected chi connectivity index (χ0v) is 19.3. The van der Waals surface area contributed by atoms with Crippen molar-refractivity contribution in [2.75, 3.05) is 12.0 Å². The molecule has 3 aromatic rings. The van der Waals surface area contributed by atoms with Crippen LogP contribution in [0.3, 0.4) is 0 Å². The Bertz CT molecular complexity index is 1210. The van der Waals surface area contributed by atoms with E-state index in [1.807, 2.05) is 18.2 Å². The average Bonchev–Trinajstić information content (AvgIpc) is 3.07. The lowest BCUT2D eigenvalue weighted by Crippen LogP contribution is -2.28. The molecule has 162 valence electrons. The third-order valence-corrected chi connectivity index (χ3v) is 6.25. The molecule has 0 atom stereocenters. The standard InChI is InChI=1S/C24H17ClFNO3S2/c1-29-20-8-4-5-16(22(20)30-14-15-9-11-17(25)12-10-15)13-21-23(28)27(24(31)32-21)19-7-3-2-6-18(19)26/h2-13H,14H2,1H3/b21-13-. The highest BCUT2D eigenvalue weighted by Crippen LogP contribution is 2.40. The number of hydrogen-bond donors (Lipinski definition) is 0. The largest absolute Gasteiger partial charge is 0.493 e. The minimum Gasteiger partial charge on any atom is -0.493 e. The second kappa shape index (κ2) is 9.73. The smallest absolute Gasteiger partial charge is 0.270 e. The fourth-order valence-corrected chi connectivity index (χ4v) is 4.55. The van der Waals surface area contributed by atoms with Gasteiger partial charge in [-0.2, -0.15) is 0 Å². The lowest BCUT2D eigenvalue weighted by atomic mass is 10.1. The van der Waals surface area contributed by atoms with Gasteiger partial charge in [-0.05, 0) is 42.0 Å². The molecule has 4 rings (SSSR count). The zero-order valence-electron chi connectivity index (χ0n) is 16.9. The van der Waals surface area contributed by atoms with E-state index in [1.54, 1.807) is 49.6 Å². The Morgan fingerprint density at radius 2 is 1.84 bits per heavy atom. The predicted octanol–water partition coefficient (Wildman–Crippen LogP) is 6.47. The van der Waals surface area contributed by atoms with Gasteiger partial charge in [0.15, 0.2) is 15.8 Å². The van der Waals surface area contributed by atoms with Crippen LogP contribution in [0.25, 0.3) is 6.08 Å². The summed E-state index contributed by atoms with van der Waals surface area (Å²) in [6.07, 6.45) is 1.68. The summed E-state index contributed by atoms with van der Waals surface area (Å²) in [7, 11) is 1.55. The summed E-state index contributed by atoms with van der Waals surface area (Å²) in [6, 6.07) is 18.8. The van der Waals surface area contributed by atoms with E-state index in [0.29, 0.717) is 27.0 Å². The number of methoxy groups -OCH3 is 1. The molecule has 1 amide bonds. The fourth-order valence-electron chi connectivity index (χ4n) is 3.15. The van der Waals surface area contributed by atoms with Crippen molar-refractivity contribution in [3.63, 3.8) is 0 Å². The molecule has 1 aliphatic rings. The van der Waals surface area contributed by atoms with Crippen LogP contribution in [0.2, 0.25) is 5.02 Å². The molecule has 0 aromatic heterocycles. The van der Waals surface area contributed by atoms with Gasteiger partial charge >= 0.3 is 0 Å². The van der Waals surface area contributed by atoms with E-state index >= 15 is 0 Å². The number of halogens is 2. The van der Waals surface area contributed by atoms with Crippen molar-refractivity contribution in [2.45, 2.75) is 6.61 Å². The van der Waals surface area contributed by atoms with Gasteiger partial charge in [0.1, 0.15) is 12.4 Å². The Morgan fingerprint density at radius 1 is 1.09 bits per heavy atom. The molecule has 0 N–H and O–H groups in total. The van der Waals surface area contributed by atoms with E-state index < -0.39 is 11.7 Å². The maximum atomic E-state index is 14.3. The average molecular weight is 486 g/mol. The van der Waals surface area contributed by atoms with Crippen molar-refractivity contribution in [1.82, 2.24) is 0 Å². The quantitative estimate of drug-likeness (QED) is 0.295. The molecule has 1 fully saturated rings. The lowest BCUT2D eigenvalue weighted by Gasteiger charge is -2.15. The van der Waals surface area contributed by atoms with Crippen LogP contribution in [0, 0.1) is 5.82 Å². The molecule has 0 aliphatic carbocycles. The molecule has 1 saturated heterocycles. The first-order chi connectivity index (χ1) is 15.5. The minimum absolute atomic E-state index is 0.128. The van der Waals surface area contributed by atoms with Gasteiger partial charge in [0, 0.05) is 10.6 Å². The van der Waals surface area contributed by atoms with Crippen molar-refractivity contribution in [2.24, 2.45) is 0 Å². The van der Waals surface area contributed by atoms with Crippen LogP contribution in [0.15, 0.2) is 71.6 Å². The number of thioether (sulfide) groups is 1. The first-order valence-electron chi connectivity index (χ1n) is 9.54. The van der Waals surface area contributed by atoms with Crippen LogP contribution in [-0.4, -0.2) is 17.3 Å². The number of hydrogen-bond acceptors (Lipinski definition) is 5. The number of amides is 1. The summed E-state index contributed by atoms with van der Waals surface area (Å²) in [5, 5.41) is 0.642. The molecule has 0 unspecified atom stereocenters. The number of rotatable bonds is 6. The number of thiocarbonyl (C=S) groups is 1. The maximum Gasteiger partial charge on any atom is 0.270 e. The van der Waals surface area contributed by atoms with Gasteiger partial charge in [-0.1, -0.05) is 72.0 Å². The number of para-hydroxylation sites is 2. The normalized spacial score (nSPS) is 14.8. The van der Waals surface area contributed by atoms with Gasteiger partial charge in [-0.15, -0.1) is 0 Å². The first kappa shape index (κ1) is 22.3. The van der Waals surface area contributed by atoms with E-state index in [1.165, 1.54) is 17.0 Å². The van der Waals surface area contributed by atoms with Crippen molar-refractivity contribution in [1.29, 1.82) is 0 Å². The lowest BCUT2D eigenvalue weighted by molar-refractivity contribution is -0.113. The number of carbonyl (C=O) groups is 1. The Kier molecular flexibility index (Phi) is 6.79. The van der Waals surface area contributed by atoms with E-state index in [-0.39, 0.29) is 16.6 Å². The molecule has 8 heteroatoms. The van der Waals surface area contributed by atoms with Crippen LogP contribution < -0.4 is 14.4 Å². The van der Waals surface area contributed by atoms with Crippen LogP contribution >= 0.6 is 35.6 Å². The molecule has 1 heterocycles. The number of benzene rings is 3. The summed E-state index contributed by atoms with van der Waals surface area (Å²) in [5.41, 5.74) is 1.70. The Morgan fingerprint density at radius 3 is 2.56 bits per heavy atom. The third kappa shape index (κ3) is 4.65. The third-order valence-electron chi connectivity index (χ3n) is 4.70. The summed E-state index contributed by atoms with van der Waals surface area (Å²) in [5.74, 6) is 0.105. The summed E-state index contributed by atoms with van der Waals surface area (Å²) < 4.78 is 26.0. The molecular weight excluding hydrogens is 469 g/mol. The van der Waals surface area contributed by atoms with Crippen molar-refractivity contribution in [3.05, 3.63) is 93.6 Å². The molecular formula is C24H17ClFNO3S2. The van der Waals surface area contributed by atoms with Gasteiger partial charge < -0.3 is 9.47 Å². The molecule has 0 radical (unpaired) electrons. The Balaban J connectivity index is 1.65. The zero-order chi connectivity index (χ0) is 22.7. The second-order valence-electron chi connectivity index (χ2n) is 6.76. The highest BCUT2D eigenvalue weighted by Gasteiger charge is 2.35. The van der Waals surface area contributed by atoms with Gasteiger partial charge in [-0.3, -0.25) is 9.69 Å². The molecule has 4 nitrogen and oxygen atoms in total. The molecule has 32 heavy (non-hydrogen) atoms. The monoisotopic (exact) mass is 485 g/mol. The highest BCUT2D eigenvalue weighted by molar-refractivity contribution is 8.27. The van der Waals surface area contributed by atoms with Gasteiger partial charge in [0.25, 0.3) is 5.91 Å². The predicted molar refractivity (Wildman–Crippen MR) is 131 cm³/mol. The topological polar surface area (TPSA) is 38.8 Å². The molecule has 1 aliphatic heterocycles. The van der Waals surface area contributed by atoms with E-state index in [0.717, 1.165) is 17.3 Å². The first-order valence-corrected chi connectivity index (χ1v) is 11.1. The van der Waals surface area contributed by atoms with E-state index in [4.69, 9.17) is 33.3 Å². The van der Waals surface area contributed by atoms with Crippen LogP contribution in [0.5, 0.6) is 11.5 Å². The van der Waals surface area contributed by atoms with E-state index in [9.17, 15) is 9.18 Å². The van der Waals surface area contributed by atoms with Gasteiger partial charge in [0.05, 0.1) is 17.7 Å². The van der Waals surface area contributed by atoms with Crippen LogP contribution in [-0.2, 0) is 11.4 Å². The van der Waals surface area contributed by atoms with Gasteiger partial charge in [0.2, 0.25) is 0 Å². The van der Waals surface area contributed by atoms with Crippen LogP contribution in [0.4, 0.5) is 10.1 Å². The summed E-state index contributed by atoms with van der Waals surface area (Å²) in [4.78, 5) is 14.6. The Labute approximate surface area is 199 Å². The number of nitrogens with zero attached hydrogens (tertiary/aromatic N) is 1. The molecule has 3 aromatic carbocycles. The van der Waals surface area contributed by atoms with E-state index in [2.05, 4.69) is 0 Å². The summed E-state index contributed by atoms with van der Waals surface area (Å²) in [6.45, 7) is 0.286. The SMILES string of the molecule is COc1cccc(/C=C2\SC(=S)N(c3ccccc3F)C2=O)c1OCc1ccc(Cl)cc1. The van der Waals surface area contributed by atoms with Crippen molar-refractivity contribution < 1.29 is 18.7 Å². The van der Waals surface area contributed by atoms with Crippen molar-refractivity contribution >= 4 is 57.6 Å². The van der Waals surface area contributed by atoms with Gasteiger partial charge in [-0.25, -0.2) is 4.39 Å². The fraction of sp³-hybridized carbons (Fsp3) is 0.0833. The minimum atomic E-state index is -0.515. The molecule has 0 bridgehead atoms. The number of anilines is 1. The van der Waals surface area contributed by atoms with Crippen LogP contribution in [0.1, 0.15) is 11.1 Å². The number of carbonyl (C=O) groups excluding carboxylic acids is 1. The van der Waals surface area contributed by atoms with Crippen molar-refractivity contribution in [3.8, 4) is 11.5 Å². The highest BCUT2D eigenvalue weighted by atomic mass is 35.5. The molecule has 0 spiro atoms.